The molecule has 1 N–H and O–H groups in total. The van der Waals surface area contributed by atoms with Crippen molar-refractivity contribution in [2.45, 2.75) is 18.7 Å². The summed E-state index contributed by atoms with van der Waals surface area (Å²) in [5.74, 6) is -0.481. The third kappa shape index (κ3) is 4.34. The molecule has 0 aliphatic carbocycles. The maximum atomic E-state index is 12.9. The molecule has 144 valence electrons. The summed E-state index contributed by atoms with van der Waals surface area (Å²) in [6.45, 7) is 4.53. The van der Waals surface area contributed by atoms with Gasteiger partial charge in [0.25, 0.3) is 5.91 Å². The zero-order chi connectivity index (χ0) is 19.6. The molecule has 0 bridgehead atoms. The second-order valence-electron chi connectivity index (χ2n) is 6.17. The number of anilines is 1. The van der Waals surface area contributed by atoms with E-state index in [1.807, 2.05) is 6.92 Å². The summed E-state index contributed by atoms with van der Waals surface area (Å²) in [5.41, 5.74) is 0.242. The number of nitrogens with one attached hydrogen (secondary N) is 1. The minimum Gasteiger partial charge on any atom is -0.340 e. The lowest BCUT2D eigenvalue weighted by Gasteiger charge is -2.33. The first-order valence-electron chi connectivity index (χ1n) is 8.37. The number of carbonyl (C=O) groups is 2. The average molecular weight is 409 g/mol. The number of aryl methyl sites for hydroxylation is 1. The van der Waals surface area contributed by atoms with Crippen LogP contribution in [0.25, 0.3) is 0 Å². The highest BCUT2D eigenvalue weighted by Crippen LogP contribution is 2.21. The molecule has 2 aromatic rings. The number of rotatable bonds is 4. The molecule has 1 aromatic heterocycles. The highest BCUT2D eigenvalue weighted by molar-refractivity contribution is 7.89. The van der Waals surface area contributed by atoms with Crippen molar-refractivity contribution in [2.24, 2.45) is 0 Å². The fourth-order valence-corrected chi connectivity index (χ4v) is 4.90. The van der Waals surface area contributed by atoms with Crippen LogP contribution in [0.5, 0.6) is 0 Å². The van der Waals surface area contributed by atoms with Crippen molar-refractivity contribution in [3.05, 3.63) is 40.9 Å². The van der Waals surface area contributed by atoms with Gasteiger partial charge in [-0.15, -0.1) is 11.3 Å². The lowest BCUT2D eigenvalue weighted by atomic mass is 10.2. The maximum absolute atomic E-state index is 12.9. The number of nitrogens with zero attached hydrogens (tertiary/aromatic N) is 3. The van der Waals surface area contributed by atoms with Gasteiger partial charge in [0, 0.05) is 49.7 Å². The second-order valence-corrected chi connectivity index (χ2v) is 9.34. The highest BCUT2D eigenvalue weighted by atomic mass is 32.2. The fourth-order valence-electron chi connectivity index (χ4n) is 2.77. The number of piperazine rings is 1. The van der Waals surface area contributed by atoms with Crippen LogP contribution in [0.15, 0.2) is 35.4 Å². The SMILES string of the molecule is CC(=O)N1CCN(S(=O)(=O)c2cccc(C(=O)Nc3ncc(C)s3)c2)CC1. The van der Waals surface area contributed by atoms with Gasteiger partial charge < -0.3 is 4.90 Å². The Balaban J connectivity index is 1.76. The van der Waals surface area contributed by atoms with Crippen LogP contribution in [-0.4, -0.2) is 60.6 Å². The van der Waals surface area contributed by atoms with Crippen LogP contribution in [0.3, 0.4) is 0 Å². The number of amides is 2. The molecule has 0 atom stereocenters. The summed E-state index contributed by atoms with van der Waals surface area (Å²) in [5, 5.41) is 3.14. The molecule has 1 saturated heterocycles. The van der Waals surface area contributed by atoms with Crippen LogP contribution in [0.4, 0.5) is 5.13 Å². The van der Waals surface area contributed by atoms with Crippen LogP contribution >= 0.6 is 11.3 Å². The summed E-state index contributed by atoms with van der Waals surface area (Å²) >= 11 is 1.34. The molecule has 27 heavy (non-hydrogen) atoms. The smallest absolute Gasteiger partial charge is 0.257 e. The van der Waals surface area contributed by atoms with Crippen LogP contribution in [0.1, 0.15) is 22.2 Å². The molecule has 2 amide bonds. The number of hydrogen-bond acceptors (Lipinski definition) is 6. The van der Waals surface area contributed by atoms with Crippen molar-refractivity contribution in [3.8, 4) is 0 Å². The number of benzene rings is 1. The van der Waals surface area contributed by atoms with Gasteiger partial charge in [0.15, 0.2) is 5.13 Å². The van der Waals surface area contributed by atoms with Crippen LogP contribution in [-0.2, 0) is 14.8 Å². The Labute approximate surface area is 161 Å². The van der Waals surface area contributed by atoms with E-state index in [1.165, 1.54) is 34.7 Å². The Hall–Kier alpha value is -2.30. The van der Waals surface area contributed by atoms with Gasteiger partial charge in [0.1, 0.15) is 0 Å². The molecule has 0 spiro atoms. The Kier molecular flexibility index (Phi) is 5.59. The average Bonchev–Trinajstić information content (AvgIpc) is 3.06. The summed E-state index contributed by atoms with van der Waals surface area (Å²) in [6, 6.07) is 5.93. The van der Waals surface area contributed by atoms with Gasteiger partial charge in [0.05, 0.1) is 4.90 Å². The monoisotopic (exact) mass is 408 g/mol. The molecular formula is C17H20N4O4S2. The van der Waals surface area contributed by atoms with E-state index in [9.17, 15) is 18.0 Å². The zero-order valence-electron chi connectivity index (χ0n) is 15.0. The van der Waals surface area contributed by atoms with Gasteiger partial charge in [-0.05, 0) is 25.1 Å². The van der Waals surface area contributed by atoms with Crippen molar-refractivity contribution >= 4 is 38.3 Å². The van der Waals surface area contributed by atoms with Gasteiger partial charge in [-0.3, -0.25) is 14.9 Å². The molecule has 3 rings (SSSR count). The minimum atomic E-state index is -3.73. The Morgan fingerprint density at radius 1 is 1.19 bits per heavy atom. The lowest BCUT2D eigenvalue weighted by Crippen LogP contribution is -2.49. The largest absolute Gasteiger partial charge is 0.340 e. The molecular weight excluding hydrogens is 388 g/mol. The molecule has 2 heterocycles. The van der Waals surface area contributed by atoms with Gasteiger partial charge in [-0.2, -0.15) is 4.31 Å². The first-order valence-corrected chi connectivity index (χ1v) is 10.6. The molecule has 8 nitrogen and oxygen atoms in total. The predicted octanol–water partition coefficient (Wildman–Crippen LogP) is 1.56. The van der Waals surface area contributed by atoms with E-state index in [2.05, 4.69) is 10.3 Å². The highest BCUT2D eigenvalue weighted by Gasteiger charge is 2.29. The summed E-state index contributed by atoms with van der Waals surface area (Å²) < 4.78 is 27.1. The molecule has 1 aliphatic heterocycles. The molecule has 0 unspecified atom stereocenters. The van der Waals surface area contributed by atoms with E-state index < -0.39 is 15.9 Å². The van der Waals surface area contributed by atoms with Gasteiger partial charge in [-0.1, -0.05) is 6.07 Å². The maximum Gasteiger partial charge on any atom is 0.257 e. The van der Waals surface area contributed by atoms with Gasteiger partial charge >= 0.3 is 0 Å². The van der Waals surface area contributed by atoms with E-state index >= 15 is 0 Å². The summed E-state index contributed by atoms with van der Waals surface area (Å²) in [4.78, 5) is 30.5. The predicted molar refractivity (Wildman–Crippen MR) is 102 cm³/mol. The van der Waals surface area contributed by atoms with Gasteiger partial charge in [-0.25, -0.2) is 13.4 Å². The molecule has 1 fully saturated rings. The Morgan fingerprint density at radius 2 is 1.89 bits per heavy atom. The van der Waals surface area contributed by atoms with Crippen molar-refractivity contribution in [2.75, 3.05) is 31.5 Å². The van der Waals surface area contributed by atoms with E-state index in [0.717, 1.165) is 4.88 Å². The summed E-state index contributed by atoms with van der Waals surface area (Å²) in [7, 11) is -3.73. The quantitative estimate of drug-likeness (QED) is 0.828. The number of carbonyl (C=O) groups excluding carboxylic acids is 2. The number of hydrogen-bond donors (Lipinski definition) is 1. The third-order valence-electron chi connectivity index (χ3n) is 4.26. The van der Waals surface area contributed by atoms with Crippen LogP contribution < -0.4 is 5.32 Å². The standard InChI is InChI=1S/C17H20N4O4S2/c1-12-11-18-17(26-12)19-16(23)14-4-3-5-15(10-14)27(24,25)21-8-6-20(7-9-21)13(2)22/h3-5,10-11H,6-9H2,1-2H3,(H,18,19,23). The van der Waals surface area contributed by atoms with Crippen LogP contribution in [0, 0.1) is 6.92 Å². The topological polar surface area (TPSA) is 99.7 Å². The third-order valence-corrected chi connectivity index (χ3v) is 6.98. The van der Waals surface area contributed by atoms with Gasteiger partial charge in [0.2, 0.25) is 15.9 Å². The minimum absolute atomic E-state index is 0.0572. The number of sulfonamides is 1. The lowest BCUT2D eigenvalue weighted by molar-refractivity contribution is -0.129. The number of aromatic nitrogens is 1. The fraction of sp³-hybridized carbons (Fsp3) is 0.353. The molecule has 1 aromatic carbocycles. The molecule has 10 heteroatoms. The molecule has 1 aliphatic rings. The van der Waals surface area contributed by atoms with Crippen molar-refractivity contribution < 1.29 is 18.0 Å². The normalized spacial score (nSPS) is 15.6. The first-order chi connectivity index (χ1) is 12.8. The molecule has 0 radical (unpaired) electrons. The van der Waals surface area contributed by atoms with Crippen molar-refractivity contribution in [1.29, 1.82) is 0 Å². The van der Waals surface area contributed by atoms with E-state index in [1.54, 1.807) is 23.2 Å². The zero-order valence-corrected chi connectivity index (χ0v) is 16.6. The molecule has 0 saturated carbocycles. The second kappa shape index (κ2) is 7.75. The Bertz CT molecular complexity index is 963. The van der Waals surface area contributed by atoms with E-state index in [0.29, 0.717) is 18.2 Å². The summed E-state index contributed by atoms with van der Waals surface area (Å²) in [6.07, 6.45) is 1.65. The van der Waals surface area contributed by atoms with Crippen molar-refractivity contribution in [1.82, 2.24) is 14.2 Å². The van der Waals surface area contributed by atoms with E-state index in [4.69, 9.17) is 0 Å². The van der Waals surface area contributed by atoms with Crippen LogP contribution in [0.2, 0.25) is 0 Å². The Morgan fingerprint density at radius 3 is 2.48 bits per heavy atom. The number of thiazole rings is 1. The first kappa shape index (κ1) is 19.5. The van der Waals surface area contributed by atoms with E-state index in [-0.39, 0.29) is 29.5 Å². The van der Waals surface area contributed by atoms with Crippen molar-refractivity contribution in [3.63, 3.8) is 0 Å².